The number of rotatable bonds is 1. The molecule has 0 spiro atoms. The zero-order chi connectivity index (χ0) is 8.48. The van der Waals surface area contributed by atoms with Crippen molar-refractivity contribution in [3.8, 4) is 0 Å². The van der Waals surface area contributed by atoms with Crippen LogP contribution in [-0.4, -0.2) is 34.1 Å². The fraction of sp³-hybridized carbons (Fsp3) is 1.00. The maximum absolute atomic E-state index is 9.28. The minimum absolute atomic E-state index is 0.0428. The standard InChI is InChI=1S/C8H16O3/c1-8(5-9)3-6(10)2-7(11)4-8/h6-7,9-11H,2-5H2,1H3. The van der Waals surface area contributed by atoms with Crippen LogP contribution in [0.3, 0.4) is 0 Å². The Morgan fingerprint density at radius 2 is 1.73 bits per heavy atom. The lowest BCUT2D eigenvalue weighted by molar-refractivity contribution is -0.0429. The summed E-state index contributed by atoms with van der Waals surface area (Å²) in [7, 11) is 0. The van der Waals surface area contributed by atoms with Crippen LogP contribution in [-0.2, 0) is 0 Å². The number of aliphatic hydroxyl groups excluding tert-OH is 3. The second-order valence-electron chi connectivity index (χ2n) is 3.92. The van der Waals surface area contributed by atoms with E-state index in [9.17, 15) is 10.2 Å². The topological polar surface area (TPSA) is 60.7 Å². The van der Waals surface area contributed by atoms with Crippen molar-refractivity contribution >= 4 is 0 Å². The van der Waals surface area contributed by atoms with Crippen LogP contribution >= 0.6 is 0 Å². The van der Waals surface area contributed by atoms with E-state index in [1.54, 1.807) is 0 Å². The van der Waals surface area contributed by atoms with E-state index in [0.29, 0.717) is 19.3 Å². The molecular formula is C8H16O3. The molecule has 0 aromatic heterocycles. The van der Waals surface area contributed by atoms with Crippen LogP contribution in [0, 0.1) is 5.41 Å². The van der Waals surface area contributed by atoms with Crippen molar-refractivity contribution in [2.24, 2.45) is 5.41 Å². The van der Waals surface area contributed by atoms with E-state index in [1.807, 2.05) is 6.92 Å². The Balaban J connectivity index is 2.55. The van der Waals surface area contributed by atoms with Gasteiger partial charge in [0.1, 0.15) is 0 Å². The Hall–Kier alpha value is -0.120. The molecule has 0 aromatic carbocycles. The lowest BCUT2D eigenvalue weighted by Crippen LogP contribution is -2.38. The lowest BCUT2D eigenvalue weighted by atomic mass is 9.74. The molecule has 66 valence electrons. The predicted octanol–water partition coefficient (Wildman–Crippen LogP) is -0.109. The van der Waals surface area contributed by atoms with E-state index in [-0.39, 0.29) is 12.0 Å². The van der Waals surface area contributed by atoms with Gasteiger partial charge in [-0.05, 0) is 24.7 Å². The molecule has 0 bridgehead atoms. The van der Waals surface area contributed by atoms with E-state index >= 15 is 0 Å². The summed E-state index contributed by atoms with van der Waals surface area (Å²) in [6, 6.07) is 0. The van der Waals surface area contributed by atoms with Gasteiger partial charge in [0.15, 0.2) is 0 Å². The highest BCUT2D eigenvalue weighted by atomic mass is 16.3. The van der Waals surface area contributed by atoms with Crippen LogP contribution in [0.5, 0.6) is 0 Å². The summed E-state index contributed by atoms with van der Waals surface area (Å²) >= 11 is 0. The number of aliphatic hydroxyl groups is 3. The van der Waals surface area contributed by atoms with Crippen LogP contribution < -0.4 is 0 Å². The van der Waals surface area contributed by atoms with Gasteiger partial charge >= 0.3 is 0 Å². The van der Waals surface area contributed by atoms with Crippen LogP contribution in [0.4, 0.5) is 0 Å². The van der Waals surface area contributed by atoms with Gasteiger partial charge in [-0.25, -0.2) is 0 Å². The monoisotopic (exact) mass is 160 g/mol. The third-order valence-electron chi connectivity index (χ3n) is 2.38. The largest absolute Gasteiger partial charge is 0.396 e. The first-order valence-corrected chi connectivity index (χ1v) is 4.03. The molecule has 0 radical (unpaired) electrons. The van der Waals surface area contributed by atoms with E-state index in [0.717, 1.165) is 0 Å². The predicted molar refractivity (Wildman–Crippen MR) is 41.1 cm³/mol. The van der Waals surface area contributed by atoms with E-state index in [4.69, 9.17) is 5.11 Å². The van der Waals surface area contributed by atoms with Crippen molar-refractivity contribution in [2.45, 2.75) is 38.4 Å². The summed E-state index contributed by atoms with van der Waals surface area (Å²) in [5, 5.41) is 27.5. The first-order chi connectivity index (χ1) is 5.06. The van der Waals surface area contributed by atoms with Crippen molar-refractivity contribution in [3.05, 3.63) is 0 Å². The molecule has 1 aliphatic rings. The third kappa shape index (κ3) is 2.15. The van der Waals surface area contributed by atoms with Crippen molar-refractivity contribution in [2.75, 3.05) is 6.61 Å². The molecule has 3 N–H and O–H groups in total. The summed E-state index contributed by atoms with van der Waals surface area (Å²) in [6.07, 6.45) is 0.753. The summed E-state index contributed by atoms with van der Waals surface area (Å²) in [4.78, 5) is 0. The van der Waals surface area contributed by atoms with Gasteiger partial charge in [0.2, 0.25) is 0 Å². The van der Waals surface area contributed by atoms with Gasteiger partial charge in [0, 0.05) is 6.61 Å². The highest BCUT2D eigenvalue weighted by Gasteiger charge is 2.35. The molecule has 0 aliphatic heterocycles. The quantitative estimate of drug-likeness (QED) is 0.501. The first-order valence-electron chi connectivity index (χ1n) is 4.03. The highest BCUT2D eigenvalue weighted by molar-refractivity contribution is 4.86. The Bertz CT molecular complexity index is 125. The fourth-order valence-electron chi connectivity index (χ4n) is 1.83. The van der Waals surface area contributed by atoms with Crippen molar-refractivity contribution in [1.29, 1.82) is 0 Å². The maximum atomic E-state index is 9.28. The molecule has 2 atom stereocenters. The molecular weight excluding hydrogens is 144 g/mol. The molecule has 0 heterocycles. The molecule has 0 saturated heterocycles. The summed E-state index contributed by atoms with van der Waals surface area (Å²) in [5.41, 5.74) is -0.281. The molecule has 11 heavy (non-hydrogen) atoms. The van der Waals surface area contributed by atoms with E-state index in [2.05, 4.69) is 0 Å². The van der Waals surface area contributed by atoms with Crippen molar-refractivity contribution in [1.82, 2.24) is 0 Å². The number of hydrogen-bond acceptors (Lipinski definition) is 3. The average molecular weight is 160 g/mol. The molecule has 3 heteroatoms. The molecule has 0 aromatic rings. The van der Waals surface area contributed by atoms with Gasteiger partial charge in [0.25, 0.3) is 0 Å². The second kappa shape index (κ2) is 3.09. The van der Waals surface area contributed by atoms with Crippen LogP contribution in [0.1, 0.15) is 26.2 Å². The second-order valence-corrected chi connectivity index (χ2v) is 3.92. The molecule has 1 saturated carbocycles. The molecule has 1 aliphatic carbocycles. The zero-order valence-electron chi connectivity index (χ0n) is 6.82. The highest BCUT2D eigenvalue weighted by Crippen LogP contribution is 2.35. The fourth-order valence-corrected chi connectivity index (χ4v) is 1.83. The van der Waals surface area contributed by atoms with Gasteiger partial charge < -0.3 is 15.3 Å². The van der Waals surface area contributed by atoms with Crippen LogP contribution in [0.25, 0.3) is 0 Å². The molecule has 0 amide bonds. The van der Waals surface area contributed by atoms with Crippen LogP contribution in [0.2, 0.25) is 0 Å². The van der Waals surface area contributed by atoms with Gasteiger partial charge in [-0.1, -0.05) is 6.92 Å². The van der Waals surface area contributed by atoms with Crippen molar-refractivity contribution in [3.63, 3.8) is 0 Å². The first kappa shape index (κ1) is 8.97. The third-order valence-corrected chi connectivity index (χ3v) is 2.38. The molecule has 2 unspecified atom stereocenters. The summed E-state index contributed by atoms with van der Waals surface area (Å²) in [6.45, 7) is 1.93. The van der Waals surface area contributed by atoms with E-state index in [1.165, 1.54) is 0 Å². The minimum atomic E-state index is -0.448. The van der Waals surface area contributed by atoms with Gasteiger partial charge in [0.05, 0.1) is 12.2 Å². The lowest BCUT2D eigenvalue weighted by Gasteiger charge is -2.37. The smallest absolute Gasteiger partial charge is 0.0570 e. The zero-order valence-corrected chi connectivity index (χ0v) is 6.82. The van der Waals surface area contributed by atoms with Crippen molar-refractivity contribution < 1.29 is 15.3 Å². The Kier molecular flexibility index (Phi) is 2.52. The van der Waals surface area contributed by atoms with E-state index < -0.39 is 12.2 Å². The SMILES string of the molecule is CC1(CO)CC(O)CC(O)C1. The minimum Gasteiger partial charge on any atom is -0.396 e. The molecule has 3 nitrogen and oxygen atoms in total. The molecule has 1 rings (SSSR count). The Labute approximate surface area is 66.7 Å². The average Bonchev–Trinajstić information content (AvgIpc) is 1.84. The maximum Gasteiger partial charge on any atom is 0.0570 e. The van der Waals surface area contributed by atoms with Gasteiger partial charge in [-0.15, -0.1) is 0 Å². The Morgan fingerprint density at radius 3 is 2.09 bits per heavy atom. The van der Waals surface area contributed by atoms with Crippen LogP contribution in [0.15, 0.2) is 0 Å². The van der Waals surface area contributed by atoms with Gasteiger partial charge in [-0.3, -0.25) is 0 Å². The Morgan fingerprint density at radius 1 is 1.27 bits per heavy atom. The van der Waals surface area contributed by atoms with Gasteiger partial charge in [-0.2, -0.15) is 0 Å². The molecule has 1 fully saturated rings. The number of hydrogen-bond donors (Lipinski definition) is 3. The normalized spacial score (nSPS) is 45.8. The summed E-state index contributed by atoms with van der Waals surface area (Å²) < 4.78 is 0. The summed E-state index contributed by atoms with van der Waals surface area (Å²) in [5.74, 6) is 0.